The van der Waals surface area contributed by atoms with Gasteiger partial charge in [0, 0.05) is 5.46 Å². The number of nitrogens with zero attached hydrogens (tertiary/aromatic N) is 1. The van der Waals surface area contributed by atoms with Crippen molar-refractivity contribution in [2.24, 2.45) is 0 Å². The molecule has 0 amide bonds. The number of hydrogen-bond acceptors (Lipinski definition) is 4. The molecule has 20 heavy (non-hydrogen) atoms. The van der Waals surface area contributed by atoms with Gasteiger partial charge in [-0.2, -0.15) is 5.26 Å². The highest BCUT2D eigenvalue weighted by atomic mass is 16.7. The maximum absolute atomic E-state index is 9.26. The summed E-state index contributed by atoms with van der Waals surface area (Å²) in [5.74, 6) is 0.689. The Hall–Kier alpha value is -1.51. The van der Waals surface area contributed by atoms with Crippen LogP contribution in [0.4, 0.5) is 0 Å². The number of rotatable bonds is 3. The van der Waals surface area contributed by atoms with Crippen molar-refractivity contribution in [2.75, 3.05) is 7.11 Å². The van der Waals surface area contributed by atoms with Gasteiger partial charge in [0.15, 0.2) is 0 Å². The quantitative estimate of drug-likeness (QED) is 0.793. The minimum atomic E-state index is -0.542. The maximum atomic E-state index is 9.26. The molecule has 1 aromatic carbocycles. The fourth-order valence-corrected chi connectivity index (χ4v) is 2.40. The van der Waals surface area contributed by atoms with Gasteiger partial charge in [0.25, 0.3) is 0 Å². The molecule has 1 unspecified atom stereocenters. The van der Waals surface area contributed by atoms with Gasteiger partial charge in [-0.25, -0.2) is 0 Å². The van der Waals surface area contributed by atoms with Crippen LogP contribution in [0.15, 0.2) is 18.2 Å². The normalized spacial score (nSPS) is 24.5. The molecule has 4 nitrogen and oxygen atoms in total. The molecule has 1 fully saturated rings. The van der Waals surface area contributed by atoms with E-state index in [-0.39, 0.29) is 5.60 Å². The van der Waals surface area contributed by atoms with Crippen LogP contribution in [0.5, 0.6) is 5.75 Å². The molecule has 1 atom stereocenters. The Kier molecular flexibility index (Phi) is 3.81. The minimum absolute atomic E-state index is 0.381. The zero-order valence-electron chi connectivity index (χ0n) is 12.7. The van der Waals surface area contributed by atoms with Crippen LogP contribution in [0.1, 0.15) is 39.7 Å². The summed E-state index contributed by atoms with van der Waals surface area (Å²) in [6.07, 6.45) is 0.836. The van der Waals surface area contributed by atoms with Crippen LogP contribution in [-0.4, -0.2) is 25.4 Å². The minimum Gasteiger partial charge on any atom is -0.497 e. The predicted octanol–water partition coefficient (Wildman–Crippen LogP) is 2.26. The van der Waals surface area contributed by atoms with E-state index >= 15 is 0 Å². The Morgan fingerprint density at radius 3 is 2.50 bits per heavy atom. The van der Waals surface area contributed by atoms with Gasteiger partial charge in [-0.1, -0.05) is 6.92 Å². The molecule has 1 heterocycles. The van der Waals surface area contributed by atoms with E-state index < -0.39 is 12.7 Å². The highest BCUT2D eigenvalue weighted by Gasteiger charge is 2.54. The highest BCUT2D eigenvalue weighted by molar-refractivity contribution is 6.63. The predicted molar refractivity (Wildman–Crippen MR) is 78.0 cm³/mol. The SMILES string of the molecule is CCC1(C)OB(c2cc(OC)ccc2C#N)OC1(C)C. The summed E-state index contributed by atoms with van der Waals surface area (Å²) in [4.78, 5) is 0. The van der Waals surface area contributed by atoms with Crippen LogP contribution in [0, 0.1) is 11.3 Å². The molecule has 1 aliphatic heterocycles. The smallest absolute Gasteiger partial charge is 0.496 e. The average Bonchev–Trinajstić information content (AvgIpc) is 2.69. The fourth-order valence-electron chi connectivity index (χ4n) is 2.40. The number of methoxy groups -OCH3 is 1. The second-order valence-corrected chi connectivity index (χ2v) is 5.73. The highest BCUT2D eigenvalue weighted by Crippen LogP contribution is 2.39. The van der Waals surface area contributed by atoms with Crippen molar-refractivity contribution in [1.82, 2.24) is 0 Å². The Morgan fingerprint density at radius 2 is 2.00 bits per heavy atom. The van der Waals surface area contributed by atoms with E-state index in [4.69, 9.17) is 14.0 Å². The van der Waals surface area contributed by atoms with E-state index in [0.717, 1.165) is 11.9 Å². The molecule has 0 N–H and O–H groups in total. The number of benzene rings is 1. The van der Waals surface area contributed by atoms with Crippen molar-refractivity contribution in [2.45, 2.75) is 45.3 Å². The molecule has 0 spiro atoms. The molecule has 0 bridgehead atoms. The lowest BCUT2D eigenvalue weighted by molar-refractivity contribution is -0.0118. The average molecular weight is 273 g/mol. The van der Waals surface area contributed by atoms with E-state index in [9.17, 15) is 5.26 Å². The van der Waals surface area contributed by atoms with Gasteiger partial charge in [0.05, 0.1) is 29.9 Å². The molecule has 0 aromatic heterocycles. The third kappa shape index (κ3) is 2.30. The van der Waals surface area contributed by atoms with Crippen molar-refractivity contribution in [3.63, 3.8) is 0 Å². The number of ether oxygens (including phenoxy) is 1. The fraction of sp³-hybridized carbons (Fsp3) is 0.533. The van der Waals surface area contributed by atoms with Crippen LogP contribution in [0.2, 0.25) is 0 Å². The van der Waals surface area contributed by atoms with E-state index in [1.54, 1.807) is 25.3 Å². The molecule has 2 rings (SSSR count). The van der Waals surface area contributed by atoms with Crippen molar-refractivity contribution in [3.8, 4) is 11.8 Å². The van der Waals surface area contributed by atoms with Crippen molar-refractivity contribution < 1.29 is 14.0 Å². The van der Waals surface area contributed by atoms with Crippen molar-refractivity contribution in [1.29, 1.82) is 5.26 Å². The molecule has 1 aliphatic rings. The molecule has 5 heteroatoms. The van der Waals surface area contributed by atoms with Gasteiger partial charge in [0.2, 0.25) is 0 Å². The van der Waals surface area contributed by atoms with Crippen LogP contribution in [-0.2, 0) is 9.31 Å². The Labute approximate surface area is 120 Å². The molecule has 1 saturated heterocycles. The van der Waals surface area contributed by atoms with Gasteiger partial charge in [-0.05, 0) is 45.4 Å². The van der Waals surface area contributed by atoms with Gasteiger partial charge in [-0.15, -0.1) is 0 Å². The standard InChI is InChI=1S/C15H20BNO3/c1-6-15(4)14(2,3)19-16(20-15)13-9-12(18-5)8-7-11(13)10-17/h7-9H,6H2,1-5H3. The maximum Gasteiger partial charge on any atom is 0.496 e. The third-order valence-corrected chi connectivity index (χ3v) is 4.35. The summed E-state index contributed by atoms with van der Waals surface area (Å²) in [7, 11) is 1.06. The molecule has 1 aromatic rings. The van der Waals surface area contributed by atoms with Crippen LogP contribution in [0.25, 0.3) is 0 Å². The first-order chi connectivity index (χ1) is 9.36. The van der Waals surface area contributed by atoms with E-state index in [0.29, 0.717) is 11.3 Å². The van der Waals surface area contributed by atoms with Crippen LogP contribution in [0.3, 0.4) is 0 Å². The largest absolute Gasteiger partial charge is 0.497 e. The second-order valence-electron chi connectivity index (χ2n) is 5.73. The summed E-state index contributed by atoms with van der Waals surface area (Å²) >= 11 is 0. The second kappa shape index (κ2) is 5.12. The topological polar surface area (TPSA) is 51.5 Å². The first kappa shape index (κ1) is 14.9. The van der Waals surface area contributed by atoms with E-state index in [1.807, 2.05) is 20.8 Å². The van der Waals surface area contributed by atoms with Gasteiger partial charge < -0.3 is 14.0 Å². The Balaban J connectivity index is 2.41. The first-order valence-corrected chi connectivity index (χ1v) is 6.80. The molecular formula is C15H20BNO3. The summed E-state index contributed by atoms with van der Waals surface area (Å²) in [5.41, 5.74) is 0.472. The lowest BCUT2D eigenvalue weighted by Crippen LogP contribution is -2.44. The summed E-state index contributed by atoms with van der Waals surface area (Å²) in [5, 5.41) is 9.26. The lowest BCUT2D eigenvalue weighted by atomic mass is 9.76. The molecule has 0 aliphatic carbocycles. The summed E-state index contributed by atoms with van der Waals surface area (Å²) < 4.78 is 17.4. The zero-order chi connectivity index (χ0) is 15.0. The first-order valence-electron chi connectivity index (χ1n) is 6.80. The van der Waals surface area contributed by atoms with E-state index in [1.165, 1.54) is 0 Å². The molecule has 106 valence electrons. The Bertz CT molecular complexity index is 553. The van der Waals surface area contributed by atoms with Crippen LogP contribution >= 0.6 is 0 Å². The molecular weight excluding hydrogens is 253 g/mol. The van der Waals surface area contributed by atoms with Gasteiger partial charge in [-0.3, -0.25) is 0 Å². The summed E-state index contributed by atoms with van der Waals surface area (Å²) in [6, 6.07) is 7.48. The van der Waals surface area contributed by atoms with Gasteiger partial charge in [0.1, 0.15) is 5.75 Å². The zero-order valence-corrected chi connectivity index (χ0v) is 12.7. The van der Waals surface area contributed by atoms with E-state index in [2.05, 4.69) is 13.0 Å². The van der Waals surface area contributed by atoms with Crippen molar-refractivity contribution >= 4 is 12.6 Å². The van der Waals surface area contributed by atoms with Crippen molar-refractivity contribution in [3.05, 3.63) is 23.8 Å². The number of hydrogen-bond donors (Lipinski definition) is 0. The number of nitriles is 1. The van der Waals surface area contributed by atoms with Crippen LogP contribution < -0.4 is 10.2 Å². The summed E-state index contributed by atoms with van der Waals surface area (Å²) in [6.45, 7) is 8.15. The van der Waals surface area contributed by atoms with Gasteiger partial charge >= 0.3 is 7.12 Å². The molecule has 0 radical (unpaired) electrons. The Morgan fingerprint density at radius 1 is 1.30 bits per heavy atom. The monoisotopic (exact) mass is 273 g/mol. The lowest BCUT2D eigenvalue weighted by Gasteiger charge is -2.35. The third-order valence-electron chi connectivity index (χ3n) is 4.35. The molecule has 0 saturated carbocycles.